The average molecular weight is 294 g/mol. The van der Waals surface area contributed by atoms with Crippen molar-refractivity contribution in [1.82, 2.24) is 5.32 Å². The van der Waals surface area contributed by atoms with Gasteiger partial charge in [0.2, 0.25) is 11.8 Å². The van der Waals surface area contributed by atoms with Crippen LogP contribution in [0.2, 0.25) is 0 Å². The second kappa shape index (κ2) is 7.39. The fourth-order valence-corrected chi connectivity index (χ4v) is 1.71. The monoisotopic (exact) mass is 294 g/mol. The lowest BCUT2D eigenvalue weighted by atomic mass is 10.1. The van der Waals surface area contributed by atoms with E-state index >= 15 is 0 Å². The van der Waals surface area contributed by atoms with Gasteiger partial charge < -0.3 is 20.8 Å². The third-order valence-electron chi connectivity index (χ3n) is 2.70. The summed E-state index contributed by atoms with van der Waals surface area (Å²) in [4.78, 5) is 33.5. The van der Waals surface area contributed by atoms with E-state index in [0.717, 1.165) is 0 Å². The number of aliphatic hydroxyl groups excluding tert-OH is 1. The number of carbonyl (C=O) groups excluding carboxylic acids is 2. The Morgan fingerprint density at radius 1 is 1.19 bits per heavy atom. The molecule has 0 aromatic heterocycles. The van der Waals surface area contributed by atoms with Crippen LogP contribution in [-0.2, 0) is 20.8 Å². The fraction of sp³-hybridized carbons (Fsp3) is 0.357. The average Bonchev–Trinajstić information content (AvgIpc) is 2.37. The summed E-state index contributed by atoms with van der Waals surface area (Å²) in [6.07, 6.45) is -1.20. The number of anilines is 1. The highest BCUT2D eigenvalue weighted by Gasteiger charge is 2.24. The molecule has 0 unspecified atom stereocenters. The van der Waals surface area contributed by atoms with Gasteiger partial charge in [0.1, 0.15) is 0 Å². The van der Waals surface area contributed by atoms with Crippen LogP contribution < -0.4 is 10.6 Å². The van der Waals surface area contributed by atoms with Crippen LogP contribution in [0.1, 0.15) is 19.4 Å². The first-order valence-electron chi connectivity index (χ1n) is 6.36. The summed E-state index contributed by atoms with van der Waals surface area (Å²) in [6.45, 7) is 2.69. The van der Waals surface area contributed by atoms with Crippen molar-refractivity contribution in [3.63, 3.8) is 0 Å². The van der Waals surface area contributed by atoms with Gasteiger partial charge in [-0.15, -0.1) is 0 Å². The lowest BCUT2D eigenvalue weighted by molar-refractivity contribution is -0.144. The zero-order chi connectivity index (χ0) is 16.0. The summed E-state index contributed by atoms with van der Waals surface area (Å²) in [5.41, 5.74) is 1.27. The minimum atomic E-state index is -1.34. The maximum atomic E-state index is 11.7. The Hall–Kier alpha value is -2.41. The lowest BCUT2D eigenvalue weighted by Gasteiger charge is -2.17. The molecule has 0 saturated heterocycles. The van der Waals surface area contributed by atoms with Crippen LogP contribution in [0.25, 0.3) is 0 Å². The number of aliphatic carboxylic acids is 1. The van der Waals surface area contributed by atoms with E-state index in [0.29, 0.717) is 11.3 Å². The van der Waals surface area contributed by atoms with Crippen molar-refractivity contribution in [3.8, 4) is 0 Å². The number of hydrogen-bond donors (Lipinski definition) is 4. The van der Waals surface area contributed by atoms with Crippen molar-refractivity contribution in [3.05, 3.63) is 29.8 Å². The van der Waals surface area contributed by atoms with Gasteiger partial charge in [0.25, 0.3) is 0 Å². The predicted octanol–water partition coefficient (Wildman–Crippen LogP) is 0.138. The minimum absolute atomic E-state index is 0.0170. The summed E-state index contributed by atoms with van der Waals surface area (Å²) in [5.74, 6) is -1.99. The van der Waals surface area contributed by atoms with Crippen LogP contribution >= 0.6 is 0 Å². The van der Waals surface area contributed by atoms with Gasteiger partial charge in [-0.05, 0) is 24.6 Å². The van der Waals surface area contributed by atoms with E-state index in [1.165, 1.54) is 13.8 Å². The normalized spacial score (nSPS) is 13.1. The molecule has 0 fully saturated rings. The number of rotatable bonds is 6. The molecule has 21 heavy (non-hydrogen) atoms. The highest BCUT2D eigenvalue weighted by molar-refractivity contribution is 5.89. The van der Waals surface area contributed by atoms with Gasteiger partial charge >= 0.3 is 5.97 Å². The first-order chi connectivity index (χ1) is 9.79. The maximum Gasteiger partial charge on any atom is 0.328 e. The number of nitrogens with one attached hydrogen (secondary N) is 2. The Bertz CT molecular complexity index is 525. The van der Waals surface area contributed by atoms with E-state index in [-0.39, 0.29) is 12.3 Å². The van der Waals surface area contributed by atoms with Crippen molar-refractivity contribution in [1.29, 1.82) is 0 Å². The summed E-state index contributed by atoms with van der Waals surface area (Å²) in [5, 5.41) is 23.0. The number of amides is 2. The molecule has 0 aliphatic rings. The Labute approximate surface area is 122 Å². The molecular formula is C14H18N2O5. The largest absolute Gasteiger partial charge is 0.480 e. The molecule has 0 aliphatic carbocycles. The van der Waals surface area contributed by atoms with Crippen molar-refractivity contribution in [2.75, 3.05) is 5.32 Å². The zero-order valence-electron chi connectivity index (χ0n) is 11.8. The molecule has 114 valence electrons. The van der Waals surface area contributed by atoms with Crippen LogP contribution in [0.3, 0.4) is 0 Å². The van der Waals surface area contributed by atoms with Crippen LogP contribution in [0.5, 0.6) is 0 Å². The molecule has 1 aromatic rings. The molecule has 2 amide bonds. The second-order valence-electron chi connectivity index (χ2n) is 4.68. The van der Waals surface area contributed by atoms with Gasteiger partial charge in [0, 0.05) is 12.6 Å². The Morgan fingerprint density at radius 2 is 1.76 bits per heavy atom. The minimum Gasteiger partial charge on any atom is -0.480 e. The Balaban J connectivity index is 2.62. The SMILES string of the molecule is CC(=O)Nc1ccc(CC(=O)N[C@H](C(=O)O)[C@@H](C)O)cc1. The van der Waals surface area contributed by atoms with Crippen molar-refractivity contribution in [2.45, 2.75) is 32.4 Å². The predicted molar refractivity (Wildman–Crippen MR) is 75.7 cm³/mol. The van der Waals surface area contributed by atoms with Crippen molar-refractivity contribution >= 4 is 23.5 Å². The molecule has 0 spiro atoms. The lowest BCUT2D eigenvalue weighted by Crippen LogP contribution is -2.48. The summed E-state index contributed by atoms with van der Waals surface area (Å²) in [6, 6.07) is 5.27. The number of benzene rings is 1. The van der Waals surface area contributed by atoms with E-state index in [1.54, 1.807) is 24.3 Å². The standard InChI is InChI=1S/C14H18N2O5/c1-8(17)13(14(20)21)16-12(19)7-10-3-5-11(6-4-10)15-9(2)18/h3-6,8,13,17H,7H2,1-2H3,(H,15,18)(H,16,19)(H,20,21)/t8-,13+/m1/s1. The smallest absolute Gasteiger partial charge is 0.328 e. The van der Waals surface area contributed by atoms with Gasteiger partial charge in [0.15, 0.2) is 6.04 Å². The third-order valence-corrected chi connectivity index (χ3v) is 2.70. The van der Waals surface area contributed by atoms with Crippen LogP contribution in [0.4, 0.5) is 5.69 Å². The maximum absolute atomic E-state index is 11.7. The molecule has 7 nitrogen and oxygen atoms in total. The fourth-order valence-electron chi connectivity index (χ4n) is 1.71. The van der Waals surface area contributed by atoms with E-state index in [2.05, 4.69) is 10.6 Å². The molecule has 0 saturated carbocycles. The number of aliphatic hydroxyl groups is 1. The summed E-state index contributed by atoms with van der Waals surface area (Å²) >= 11 is 0. The van der Waals surface area contributed by atoms with E-state index in [4.69, 9.17) is 5.11 Å². The first-order valence-corrected chi connectivity index (χ1v) is 6.36. The van der Waals surface area contributed by atoms with E-state index < -0.39 is 24.0 Å². The molecule has 0 radical (unpaired) electrons. The zero-order valence-corrected chi connectivity index (χ0v) is 11.8. The number of hydrogen-bond acceptors (Lipinski definition) is 4. The topological polar surface area (TPSA) is 116 Å². The first kappa shape index (κ1) is 16.6. The van der Waals surface area contributed by atoms with Crippen molar-refractivity contribution in [2.24, 2.45) is 0 Å². The molecule has 0 bridgehead atoms. The molecule has 2 atom stereocenters. The molecule has 1 aromatic carbocycles. The molecule has 0 aliphatic heterocycles. The molecule has 4 N–H and O–H groups in total. The van der Waals surface area contributed by atoms with E-state index in [1.807, 2.05) is 0 Å². The molecule has 1 rings (SSSR count). The van der Waals surface area contributed by atoms with Gasteiger partial charge in [0.05, 0.1) is 12.5 Å². The van der Waals surface area contributed by atoms with Crippen LogP contribution in [0, 0.1) is 0 Å². The quantitative estimate of drug-likeness (QED) is 0.595. The van der Waals surface area contributed by atoms with Gasteiger partial charge in [-0.25, -0.2) is 4.79 Å². The number of carbonyl (C=O) groups is 3. The highest BCUT2D eigenvalue weighted by Crippen LogP contribution is 2.10. The Morgan fingerprint density at radius 3 is 2.19 bits per heavy atom. The van der Waals surface area contributed by atoms with Crippen molar-refractivity contribution < 1.29 is 24.6 Å². The second-order valence-corrected chi connectivity index (χ2v) is 4.68. The summed E-state index contributed by atoms with van der Waals surface area (Å²) < 4.78 is 0. The third kappa shape index (κ3) is 5.62. The Kier molecular flexibility index (Phi) is 5.86. The molecule has 7 heteroatoms. The number of carboxylic acid groups (broad SMARTS) is 1. The molecule has 0 heterocycles. The van der Waals surface area contributed by atoms with Gasteiger partial charge in [-0.2, -0.15) is 0 Å². The molecular weight excluding hydrogens is 276 g/mol. The summed E-state index contributed by atoms with van der Waals surface area (Å²) in [7, 11) is 0. The number of carboxylic acids is 1. The highest BCUT2D eigenvalue weighted by atomic mass is 16.4. The van der Waals surface area contributed by atoms with Gasteiger partial charge in [-0.3, -0.25) is 9.59 Å². The van der Waals surface area contributed by atoms with E-state index in [9.17, 15) is 19.5 Å². The van der Waals surface area contributed by atoms with Gasteiger partial charge in [-0.1, -0.05) is 12.1 Å². The van der Waals surface area contributed by atoms with Crippen LogP contribution in [0.15, 0.2) is 24.3 Å². The van der Waals surface area contributed by atoms with Crippen LogP contribution in [-0.4, -0.2) is 40.1 Å².